The van der Waals surface area contributed by atoms with Gasteiger partial charge in [-0.3, -0.25) is 4.79 Å². The van der Waals surface area contributed by atoms with Crippen molar-refractivity contribution in [2.45, 2.75) is 46.3 Å². The summed E-state index contributed by atoms with van der Waals surface area (Å²) < 4.78 is 16.4. The predicted octanol–water partition coefficient (Wildman–Crippen LogP) is 4.26. The van der Waals surface area contributed by atoms with E-state index < -0.39 is 6.10 Å². The van der Waals surface area contributed by atoms with E-state index in [1.54, 1.807) is 14.0 Å². The van der Waals surface area contributed by atoms with Crippen molar-refractivity contribution in [2.75, 3.05) is 7.11 Å². The lowest BCUT2D eigenvalue weighted by Gasteiger charge is -2.19. The summed E-state index contributed by atoms with van der Waals surface area (Å²) in [6.07, 6.45) is -0.662. The van der Waals surface area contributed by atoms with E-state index in [4.69, 9.17) is 14.0 Å². The van der Waals surface area contributed by atoms with Crippen molar-refractivity contribution in [3.05, 3.63) is 59.5 Å². The second-order valence-electron chi connectivity index (χ2n) is 7.42. The number of rotatable bonds is 8. The summed E-state index contributed by atoms with van der Waals surface area (Å²) >= 11 is 0. The Balaban J connectivity index is 1.61. The Morgan fingerprint density at radius 1 is 1.17 bits per heavy atom. The van der Waals surface area contributed by atoms with Gasteiger partial charge in [0, 0.05) is 5.56 Å². The molecule has 0 saturated heterocycles. The van der Waals surface area contributed by atoms with E-state index >= 15 is 0 Å². The summed E-state index contributed by atoms with van der Waals surface area (Å²) in [5.74, 6) is 2.22. The number of carbonyl (C=O) groups is 1. The molecule has 3 rings (SSSR count). The van der Waals surface area contributed by atoms with Gasteiger partial charge in [0.1, 0.15) is 11.5 Å². The van der Waals surface area contributed by atoms with Crippen LogP contribution < -0.4 is 14.8 Å². The zero-order valence-electron chi connectivity index (χ0n) is 17.9. The third-order valence-electron chi connectivity index (χ3n) is 4.67. The van der Waals surface area contributed by atoms with Crippen molar-refractivity contribution in [3.8, 4) is 22.9 Å². The minimum absolute atomic E-state index is 0.119. The van der Waals surface area contributed by atoms with E-state index in [0.29, 0.717) is 23.4 Å². The number of carbonyl (C=O) groups excluding carboxylic acids is 1. The van der Waals surface area contributed by atoms with Crippen molar-refractivity contribution in [2.24, 2.45) is 0 Å². The number of nitrogens with zero attached hydrogens (tertiary/aromatic N) is 2. The second-order valence-corrected chi connectivity index (χ2v) is 7.42. The highest BCUT2D eigenvalue weighted by molar-refractivity contribution is 5.80. The largest absolute Gasteiger partial charge is 0.497 e. The van der Waals surface area contributed by atoms with Gasteiger partial charge in [0.25, 0.3) is 5.91 Å². The number of hydrogen-bond donors (Lipinski definition) is 1. The molecule has 0 aliphatic rings. The third kappa shape index (κ3) is 5.17. The van der Waals surface area contributed by atoms with Gasteiger partial charge in [0.15, 0.2) is 6.10 Å². The normalized spacial score (nSPS) is 11.9. The zero-order chi connectivity index (χ0) is 21.7. The molecule has 3 aromatic rings. The number of aromatic nitrogens is 2. The van der Waals surface area contributed by atoms with Gasteiger partial charge in [0.05, 0.1) is 13.7 Å². The lowest BCUT2D eigenvalue weighted by atomic mass is 10.0. The van der Waals surface area contributed by atoms with Gasteiger partial charge in [-0.05, 0) is 49.1 Å². The maximum atomic E-state index is 12.5. The van der Waals surface area contributed by atoms with Crippen LogP contribution in [0.5, 0.6) is 11.5 Å². The highest BCUT2D eigenvalue weighted by Gasteiger charge is 2.19. The smallest absolute Gasteiger partial charge is 0.261 e. The molecular formula is C23H27N3O4. The molecule has 2 aromatic carbocycles. The minimum atomic E-state index is -0.662. The van der Waals surface area contributed by atoms with Crippen LogP contribution in [0.1, 0.15) is 43.7 Å². The van der Waals surface area contributed by atoms with Crippen LogP contribution in [0.3, 0.4) is 0 Å². The number of amides is 1. The van der Waals surface area contributed by atoms with E-state index in [2.05, 4.69) is 29.3 Å². The summed E-state index contributed by atoms with van der Waals surface area (Å²) in [6.45, 7) is 8.03. The molecule has 0 unspecified atom stereocenters. The fourth-order valence-electron chi connectivity index (χ4n) is 2.98. The monoisotopic (exact) mass is 409 g/mol. The molecule has 0 spiro atoms. The summed E-state index contributed by atoms with van der Waals surface area (Å²) in [4.78, 5) is 16.8. The zero-order valence-corrected chi connectivity index (χ0v) is 17.9. The van der Waals surface area contributed by atoms with Gasteiger partial charge in [0.2, 0.25) is 11.7 Å². The average molecular weight is 409 g/mol. The van der Waals surface area contributed by atoms with Crippen molar-refractivity contribution in [1.29, 1.82) is 0 Å². The maximum Gasteiger partial charge on any atom is 0.261 e. The first-order chi connectivity index (χ1) is 14.4. The van der Waals surface area contributed by atoms with Crippen LogP contribution in [0.15, 0.2) is 47.0 Å². The van der Waals surface area contributed by atoms with Gasteiger partial charge >= 0.3 is 0 Å². The molecule has 0 aliphatic heterocycles. The molecule has 7 nitrogen and oxygen atoms in total. The highest BCUT2D eigenvalue weighted by atomic mass is 16.5. The molecule has 1 N–H and O–H groups in total. The van der Waals surface area contributed by atoms with Crippen LogP contribution >= 0.6 is 0 Å². The van der Waals surface area contributed by atoms with Gasteiger partial charge in [-0.2, -0.15) is 4.98 Å². The fourth-order valence-corrected chi connectivity index (χ4v) is 2.98. The molecule has 30 heavy (non-hydrogen) atoms. The van der Waals surface area contributed by atoms with Gasteiger partial charge < -0.3 is 19.3 Å². The first-order valence-corrected chi connectivity index (χ1v) is 9.89. The SMILES string of the molecule is COc1cccc(-c2noc(CNC(=O)[C@@H](C)Oc3cc(C)ccc3C(C)C)n2)c1. The van der Waals surface area contributed by atoms with Crippen LogP contribution in [0.25, 0.3) is 11.4 Å². The average Bonchev–Trinajstić information content (AvgIpc) is 3.21. The van der Waals surface area contributed by atoms with E-state index in [9.17, 15) is 4.79 Å². The van der Waals surface area contributed by atoms with Crippen LogP contribution in [-0.4, -0.2) is 29.3 Å². The Morgan fingerprint density at radius 2 is 1.97 bits per heavy atom. The lowest BCUT2D eigenvalue weighted by molar-refractivity contribution is -0.127. The molecule has 1 atom stereocenters. The number of hydrogen-bond acceptors (Lipinski definition) is 6. The summed E-state index contributed by atoms with van der Waals surface area (Å²) in [5.41, 5.74) is 2.92. The molecule has 0 aliphatic carbocycles. The van der Waals surface area contributed by atoms with E-state index in [1.165, 1.54) is 0 Å². The van der Waals surface area contributed by atoms with Crippen molar-refractivity contribution in [3.63, 3.8) is 0 Å². The summed E-state index contributed by atoms with van der Waals surface area (Å²) in [5, 5.41) is 6.75. The lowest BCUT2D eigenvalue weighted by Crippen LogP contribution is -2.36. The van der Waals surface area contributed by atoms with Gasteiger partial charge in [-0.1, -0.05) is 43.3 Å². The number of aryl methyl sites for hydroxylation is 1. The Bertz CT molecular complexity index is 1010. The standard InChI is InChI=1S/C23H27N3O4/c1-14(2)19-10-9-15(3)11-20(19)29-16(4)23(27)24-13-21-25-22(26-30-21)17-7-6-8-18(12-17)28-5/h6-12,14,16H,13H2,1-5H3,(H,24,27)/t16-/m1/s1. The summed E-state index contributed by atoms with van der Waals surface area (Å²) in [6, 6.07) is 13.4. The molecular weight excluding hydrogens is 382 g/mol. The molecule has 7 heteroatoms. The first-order valence-electron chi connectivity index (χ1n) is 9.89. The number of nitrogens with one attached hydrogen (secondary N) is 1. The second kappa shape index (κ2) is 9.43. The van der Waals surface area contributed by atoms with Gasteiger partial charge in [-0.25, -0.2) is 0 Å². The van der Waals surface area contributed by atoms with Crippen molar-refractivity contribution < 1.29 is 18.8 Å². The molecule has 158 valence electrons. The molecule has 0 radical (unpaired) electrons. The number of ether oxygens (including phenoxy) is 2. The Hall–Kier alpha value is -3.35. The van der Waals surface area contributed by atoms with Crippen LogP contribution in [0.2, 0.25) is 0 Å². The quantitative estimate of drug-likeness (QED) is 0.598. The van der Waals surface area contributed by atoms with Crippen LogP contribution in [0, 0.1) is 6.92 Å². The van der Waals surface area contributed by atoms with Gasteiger partial charge in [-0.15, -0.1) is 0 Å². The minimum Gasteiger partial charge on any atom is -0.497 e. The van der Waals surface area contributed by atoms with Crippen molar-refractivity contribution in [1.82, 2.24) is 15.5 Å². The Kier molecular flexibility index (Phi) is 6.72. The first kappa shape index (κ1) is 21.4. The topological polar surface area (TPSA) is 86.5 Å². The number of methoxy groups -OCH3 is 1. The number of benzene rings is 2. The summed E-state index contributed by atoms with van der Waals surface area (Å²) in [7, 11) is 1.60. The van der Waals surface area contributed by atoms with E-state index in [0.717, 1.165) is 22.4 Å². The fraction of sp³-hybridized carbons (Fsp3) is 0.348. The molecule has 1 amide bonds. The van der Waals surface area contributed by atoms with E-state index in [1.807, 2.05) is 49.4 Å². The van der Waals surface area contributed by atoms with E-state index in [-0.39, 0.29) is 12.5 Å². The van der Waals surface area contributed by atoms with Crippen LogP contribution in [0.4, 0.5) is 0 Å². The third-order valence-corrected chi connectivity index (χ3v) is 4.67. The van der Waals surface area contributed by atoms with Crippen LogP contribution in [-0.2, 0) is 11.3 Å². The molecule has 1 heterocycles. The maximum absolute atomic E-state index is 12.5. The molecule has 1 aromatic heterocycles. The Morgan fingerprint density at radius 3 is 2.70 bits per heavy atom. The predicted molar refractivity (Wildman–Crippen MR) is 113 cm³/mol. The van der Waals surface area contributed by atoms with Crippen molar-refractivity contribution >= 4 is 5.91 Å². The molecule has 0 saturated carbocycles. The molecule has 0 fully saturated rings. The highest BCUT2D eigenvalue weighted by Crippen LogP contribution is 2.28. The Labute approximate surface area is 176 Å². The molecule has 0 bridgehead atoms.